The fourth-order valence-corrected chi connectivity index (χ4v) is 5.46. The van der Waals surface area contributed by atoms with Crippen LogP contribution >= 0.6 is 0 Å². The van der Waals surface area contributed by atoms with E-state index < -0.39 is 10.0 Å². The van der Waals surface area contributed by atoms with E-state index in [1.165, 1.54) is 30.0 Å². The molecule has 0 heterocycles. The molecule has 166 valence electrons. The monoisotopic (exact) mass is 448 g/mol. The highest BCUT2D eigenvalue weighted by atomic mass is 32.2. The predicted molar refractivity (Wildman–Crippen MR) is 127 cm³/mol. The molecule has 0 saturated heterocycles. The van der Waals surface area contributed by atoms with Gasteiger partial charge in [0.25, 0.3) is 15.9 Å². The Kier molecular flexibility index (Phi) is 6.33. The van der Waals surface area contributed by atoms with E-state index in [9.17, 15) is 13.2 Å². The third-order valence-corrected chi connectivity index (χ3v) is 7.51. The van der Waals surface area contributed by atoms with Crippen LogP contribution in [0.5, 0.6) is 0 Å². The smallest absolute Gasteiger partial charge is 0.262 e. The van der Waals surface area contributed by atoms with Crippen LogP contribution in [0.3, 0.4) is 0 Å². The maximum absolute atomic E-state index is 12.9. The van der Waals surface area contributed by atoms with Gasteiger partial charge >= 0.3 is 0 Å². The summed E-state index contributed by atoms with van der Waals surface area (Å²) in [6.45, 7) is 3.67. The van der Waals surface area contributed by atoms with Gasteiger partial charge in [-0.2, -0.15) is 0 Å². The molecule has 1 aliphatic rings. The molecule has 0 aliphatic heterocycles. The Labute approximate surface area is 189 Å². The minimum atomic E-state index is -3.82. The minimum absolute atomic E-state index is 0.0930. The molecule has 1 aliphatic carbocycles. The molecule has 0 aromatic heterocycles. The highest BCUT2D eigenvalue weighted by molar-refractivity contribution is 7.92. The van der Waals surface area contributed by atoms with Crippen LogP contribution < -0.4 is 10.0 Å². The Morgan fingerprint density at radius 1 is 0.906 bits per heavy atom. The molecule has 2 N–H and O–H groups in total. The van der Waals surface area contributed by atoms with Crippen molar-refractivity contribution in [3.8, 4) is 0 Å². The number of anilines is 1. The Bertz CT molecular complexity index is 1240. The summed E-state index contributed by atoms with van der Waals surface area (Å²) in [7, 11) is -3.82. The van der Waals surface area contributed by atoms with E-state index in [2.05, 4.69) is 28.2 Å². The van der Waals surface area contributed by atoms with E-state index in [4.69, 9.17) is 0 Å². The molecule has 32 heavy (non-hydrogen) atoms. The van der Waals surface area contributed by atoms with Gasteiger partial charge in [0.2, 0.25) is 0 Å². The number of rotatable bonds is 6. The van der Waals surface area contributed by atoms with E-state index >= 15 is 0 Å². The molecule has 0 radical (unpaired) electrons. The van der Waals surface area contributed by atoms with E-state index in [0.29, 0.717) is 16.8 Å². The number of benzene rings is 3. The normalized spacial score (nSPS) is 14.3. The number of carbonyl (C=O) groups excluding carboxylic acids is 1. The summed E-state index contributed by atoms with van der Waals surface area (Å²) in [4.78, 5) is 13.0. The second kappa shape index (κ2) is 9.17. The molecule has 6 heteroatoms. The fraction of sp³-hybridized carbons (Fsp3) is 0.269. The van der Waals surface area contributed by atoms with E-state index in [1.807, 2.05) is 13.0 Å². The summed E-state index contributed by atoms with van der Waals surface area (Å²) >= 11 is 0. The average molecular weight is 449 g/mol. The molecule has 4 rings (SSSR count). The molecule has 0 spiro atoms. The third-order valence-electron chi connectivity index (χ3n) is 5.99. The summed E-state index contributed by atoms with van der Waals surface area (Å²) in [5.74, 6) is -0.300. The van der Waals surface area contributed by atoms with Gasteiger partial charge in [-0.05, 0) is 86.1 Å². The molecule has 0 fully saturated rings. The number of fused-ring (bicyclic) bond motifs is 1. The summed E-state index contributed by atoms with van der Waals surface area (Å²) in [6.07, 6.45) is 4.64. The number of aryl methyl sites for hydroxylation is 3. The van der Waals surface area contributed by atoms with Crippen molar-refractivity contribution >= 4 is 21.6 Å². The van der Waals surface area contributed by atoms with Crippen molar-refractivity contribution in [3.05, 3.63) is 94.5 Å². The lowest BCUT2D eigenvalue weighted by Gasteiger charge is -2.20. The number of nitrogens with one attached hydrogen (secondary N) is 2. The standard InChI is InChI=1S/C26H28N2O3S/c1-18-12-13-23(17-25(18)32(30,31)28-24-10-4-3-5-11-24)26(29)27-19(2)21-15-14-20-8-6-7-9-22(20)16-21/h3-5,10-17,19,28H,6-9H2,1-2H3,(H,27,29)/t19-/m1/s1. The lowest BCUT2D eigenvalue weighted by molar-refractivity contribution is 0.0939. The van der Waals surface area contributed by atoms with Crippen LogP contribution in [-0.4, -0.2) is 14.3 Å². The topological polar surface area (TPSA) is 75.3 Å². The van der Waals surface area contributed by atoms with Crippen LogP contribution in [-0.2, 0) is 22.9 Å². The Balaban J connectivity index is 1.53. The lowest BCUT2D eigenvalue weighted by atomic mass is 9.89. The zero-order valence-electron chi connectivity index (χ0n) is 18.4. The summed E-state index contributed by atoms with van der Waals surface area (Å²) in [5.41, 5.74) is 5.19. The first kappa shape index (κ1) is 22.1. The average Bonchev–Trinajstić information content (AvgIpc) is 2.79. The summed E-state index contributed by atoms with van der Waals surface area (Å²) in [5, 5.41) is 3.01. The van der Waals surface area contributed by atoms with Gasteiger partial charge in [0.05, 0.1) is 10.9 Å². The Hall–Kier alpha value is -3.12. The van der Waals surface area contributed by atoms with Crippen molar-refractivity contribution in [3.63, 3.8) is 0 Å². The van der Waals surface area contributed by atoms with Gasteiger partial charge < -0.3 is 5.32 Å². The van der Waals surface area contributed by atoms with Gasteiger partial charge in [-0.25, -0.2) is 8.42 Å². The Morgan fingerprint density at radius 2 is 1.62 bits per heavy atom. The van der Waals surface area contributed by atoms with Crippen molar-refractivity contribution in [2.75, 3.05) is 4.72 Å². The molecule has 1 amide bonds. The quantitative estimate of drug-likeness (QED) is 0.547. The van der Waals surface area contributed by atoms with Crippen LogP contribution in [0.4, 0.5) is 5.69 Å². The third kappa shape index (κ3) is 4.86. The molecule has 3 aromatic carbocycles. The number of hydrogen-bond donors (Lipinski definition) is 2. The van der Waals surface area contributed by atoms with Gasteiger partial charge in [0.1, 0.15) is 0 Å². The Morgan fingerprint density at radius 3 is 2.38 bits per heavy atom. The highest BCUT2D eigenvalue weighted by Crippen LogP contribution is 2.25. The molecule has 0 bridgehead atoms. The first-order valence-corrected chi connectivity index (χ1v) is 12.4. The van der Waals surface area contributed by atoms with Crippen LogP contribution in [0, 0.1) is 6.92 Å². The van der Waals surface area contributed by atoms with E-state index in [0.717, 1.165) is 18.4 Å². The molecule has 0 saturated carbocycles. The van der Waals surface area contributed by atoms with Crippen molar-refractivity contribution in [2.45, 2.75) is 50.5 Å². The predicted octanol–water partition coefficient (Wildman–Crippen LogP) is 5.17. The molecule has 3 aromatic rings. The number of hydrogen-bond acceptors (Lipinski definition) is 3. The largest absolute Gasteiger partial charge is 0.346 e. The second-order valence-corrected chi connectivity index (χ2v) is 10.0. The summed E-state index contributed by atoms with van der Waals surface area (Å²) < 4.78 is 28.4. The van der Waals surface area contributed by atoms with Gasteiger partial charge in [0, 0.05) is 11.3 Å². The molecule has 0 unspecified atom stereocenters. The van der Waals surface area contributed by atoms with Crippen LogP contribution in [0.25, 0.3) is 0 Å². The number of carbonyl (C=O) groups is 1. The molecule has 5 nitrogen and oxygen atoms in total. The number of sulfonamides is 1. The van der Waals surface area contributed by atoms with Crippen molar-refractivity contribution in [1.82, 2.24) is 5.32 Å². The molecular formula is C26H28N2O3S. The van der Waals surface area contributed by atoms with E-state index in [1.54, 1.807) is 43.3 Å². The van der Waals surface area contributed by atoms with Gasteiger partial charge in [-0.3, -0.25) is 9.52 Å². The van der Waals surface area contributed by atoms with Crippen LogP contribution in [0.15, 0.2) is 71.6 Å². The zero-order chi connectivity index (χ0) is 22.7. The van der Waals surface area contributed by atoms with Crippen molar-refractivity contribution in [2.24, 2.45) is 0 Å². The number of para-hydroxylation sites is 1. The maximum Gasteiger partial charge on any atom is 0.262 e. The molecule has 1 atom stereocenters. The second-order valence-electron chi connectivity index (χ2n) is 8.38. The van der Waals surface area contributed by atoms with E-state index in [-0.39, 0.29) is 16.8 Å². The first-order valence-electron chi connectivity index (χ1n) is 10.9. The minimum Gasteiger partial charge on any atom is -0.346 e. The van der Waals surface area contributed by atoms with Gasteiger partial charge in [-0.1, -0.05) is 42.5 Å². The first-order chi connectivity index (χ1) is 15.3. The zero-order valence-corrected chi connectivity index (χ0v) is 19.2. The number of amides is 1. The molecular weight excluding hydrogens is 420 g/mol. The van der Waals surface area contributed by atoms with Gasteiger partial charge in [-0.15, -0.1) is 0 Å². The van der Waals surface area contributed by atoms with Crippen LogP contribution in [0.1, 0.15) is 58.4 Å². The van der Waals surface area contributed by atoms with Crippen LogP contribution in [0.2, 0.25) is 0 Å². The maximum atomic E-state index is 12.9. The summed E-state index contributed by atoms with van der Waals surface area (Å²) in [6, 6.07) is 19.7. The highest BCUT2D eigenvalue weighted by Gasteiger charge is 2.21. The lowest BCUT2D eigenvalue weighted by Crippen LogP contribution is -2.27. The van der Waals surface area contributed by atoms with Gasteiger partial charge in [0.15, 0.2) is 0 Å². The SMILES string of the molecule is Cc1ccc(C(=O)N[C@H](C)c2ccc3c(c2)CCCC3)cc1S(=O)(=O)Nc1ccccc1. The van der Waals surface area contributed by atoms with Crippen molar-refractivity contribution < 1.29 is 13.2 Å². The fourth-order valence-electron chi connectivity index (χ4n) is 4.13. The van der Waals surface area contributed by atoms with Crippen molar-refractivity contribution in [1.29, 1.82) is 0 Å².